The summed E-state index contributed by atoms with van der Waals surface area (Å²) < 4.78 is 1.88. The summed E-state index contributed by atoms with van der Waals surface area (Å²) in [6, 6.07) is 9.92. The zero-order chi connectivity index (χ0) is 19.0. The lowest BCUT2D eigenvalue weighted by Crippen LogP contribution is -2.25. The minimum atomic E-state index is 0.150. The molecule has 27 heavy (non-hydrogen) atoms. The van der Waals surface area contributed by atoms with Crippen LogP contribution in [0, 0.1) is 13.8 Å². The Morgan fingerprint density at radius 1 is 1.15 bits per heavy atom. The fourth-order valence-electron chi connectivity index (χ4n) is 3.63. The fourth-order valence-corrected chi connectivity index (χ4v) is 3.63. The van der Waals surface area contributed by atoms with Gasteiger partial charge in [0.15, 0.2) is 5.82 Å². The predicted octanol–water partition coefficient (Wildman–Crippen LogP) is 2.97. The quantitative estimate of drug-likeness (QED) is 0.717. The number of fused-ring (bicyclic) bond motifs is 1. The zero-order valence-corrected chi connectivity index (χ0v) is 15.9. The van der Waals surface area contributed by atoms with Crippen LogP contribution < -0.4 is 0 Å². The molecule has 1 amide bonds. The van der Waals surface area contributed by atoms with Gasteiger partial charge in [-0.3, -0.25) is 9.48 Å². The highest BCUT2D eigenvalue weighted by atomic mass is 16.2. The molecule has 0 unspecified atom stereocenters. The molecule has 2 aromatic heterocycles. The minimum Gasteiger partial charge on any atom is -0.332 e. The van der Waals surface area contributed by atoms with Gasteiger partial charge in [-0.05, 0) is 25.8 Å². The van der Waals surface area contributed by atoms with Crippen LogP contribution in [-0.2, 0) is 31.4 Å². The molecule has 0 saturated heterocycles. The third-order valence-electron chi connectivity index (χ3n) is 5.29. The van der Waals surface area contributed by atoms with Crippen molar-refractivity contribution in [2.45, 2.75) is 39.8 Å². The van der Waals surface area contributed by atoms with E-state index in [2.05, 4.69) is 15.1 Å². The Morgan fingerprint density at radius 2 is 1.93 bits per heavy atom. The second-order valence-corrected chi connectivity index (χ2v) is 7.05. The Balaban J connectivity index is 1.44. The number of nitrogens with zero attached hydrogens (tertiary/aromatic N) is 5. The Bertz CT molecular complexity index is 993. The second kappa shape index (κ2) is 6.95. The molecule has 1 aliphatic heterocycles. The van der Waals surface area contributed by atoms with Crippen LogP contribution in [0.15, 0.2) is 36.5 Å². The predicted molar refractivity (Wildman–Crippen MR) is 103 cm³/mol. The minimum absolute atomic E-state index is 0.150. The molecule has 0 N–H and O–H groups in total. The van der Waals surface area contributed by atoms with Crippen molar-refractivity contribution < 1.29 is 4.79 Å². The standard InChI is InChI=1S/C21H23N5O/c1-14-18(15(2)25(3)24-14)9-10-20(27)26-12-17-11-22-21(23-19(17)13-26)16-7-5-4-6-8-16/h4-8,11H,9-10,12-13H2,1-3H3. The van der Waals surface area contributed by atoms with Crippen molar-refractivity contribution in [2.24, 2.45) is 7.05 Å². The molecule has 0 fully saturated rings. The lowest BCUT2D eigenvalue weighted by molar-refractivity contribution is -0.131. The molecule has 6 heteroatoms. The highest BCUT2D eigenvalue weighted by Gasteiger charge is 2.25. The average molecular weight is 361 g/mol. The van der Waals surface area contributed by atoms with E-state index < -0.39 is 0 Å². The summed E-state index contributed by atoms with van der Waals surface area (Å²) in [5.74, 6) is 0.863. The van der Waals surface area contributed by atoms with Crippen molar-refractivity contribution >= 4 is 5.91 Å². The van der Waals surface area contributed by atoms with Gasteiger partial charge in [0.2, 0.25) is 5.91 Å². The topological polar surface area (TPSA) is 63.9 Å². The van der Waals surface area contributed by atoms with E-state index in [4.69, 9.17) is 0 Å². The maximum Gasteiger partial charge on any atom is 0.223 e. The van der Waals surface area contributed by atoms with E-state index in [1.165, 1.54) is 5.56 Å². The molecule has 1 aromatic carbocycles. The summed E-state index contributed by atoms with van der Waals surface area (Å²) >= 11 is 0. The molecule has 0 atom stereocenters. The Hall–Kier alpha value is -3.02. The first kappa shape index (κ1) is 17.4. The van der Waals surface area contributed by atoms with Gasteiger partial charge in [-0.15, -0.1) is 0 Å². The van der Waals surface area contributed by atoms with Gasteiger partial charge in [0.25, 0.3) is 0 Å². The molecule has 1 aliphatic rings. The number of rotatable bonds is 4. The smallest absolute Gasteiger partial charge is 0.223 e. The Labute approximate surface area is 158 Å². The van der Waals surface area contributed by atoms with E-state index >= 15 is 0 Å². The number of carbonyl (C=O) groups is 1. The second-order valence-electron chi connectivity index (χ2n) is 7.05. The first-order valence-electron chi connectivity index (χ1n) is 9.20. The van der Waals surface area contributed by atoms with Crippen LogP contribution in [0.2, 0.25) is 0 Å². The van der Waals surface area contributed by atoms with Gasteiger partial charge in [-0.1, -0.05) is 30.3 Å². The average Bonchev–Trinajstić information content (AvgIpc) is 3.21. The van der Waals surface area contributed by atoms with Crippen LogP contribution in [0.3, 0.4) is 0 Å². The number of amides is 1. The third-order valence-corrected chi connectivity index (χ3v) is 5.29. The van der Waals surface area contributed by atoms with Crippen molar-refractivity contribution in [2.75, 3.05) is 0 Å². The molecule has 4 rings (SSSR count). The highest BCUT2D eigenvalue weighted by molar-refractivity contribution is 5.77. The van der Waals surface area contributed by atoms with E-state index in [9.17, 15) is 4.79 Å². The van der Waals surface area contributed by atoms with E-state index in [0.717, 1.165) is 34.6 Å². The lowest BCUT2D eigenvalue weighted by atomic mass is 10.1. The van der Waals surface area contributed by atoms with Gasteiger partial charge in [0.1, 0.15) is 0 Å². The van der Waals surface area contributed by atoms with E-state index in [1.54, 1.807) is 0 Å². The SMILES string of the molecule is Cc1nn(C)c(C)c1CCC(=O)N1Cc2cnc(-c3ccccc3)nc2C1. The van der Waals surface area contributed by atoms with Crippen LogP contribution >= 0.6 is 0 Å². The molecule has 0 saturated carbocycles. The Kier molecular flexibility index (Phi) is 4.48. The summed E-state index contributed by atoms with van der Waals surface area (Å²) in [5, 5.41) is 4.43. The number of aryl methyl sites for hydroxylation is 2. The third kappa shape index (κ3) is 3.35. The number of hydrogen-bond acceptors (Lipinski definition) is 4. The van der Waals surface area contributed by atoms with Crippen molar-refractivity contribution in [1.82, 2.24) is 24.6 Å². The molecule has 0 radical (unpaired) electrons. The molecular weight excluding hydrogens is 338 g/mol. The van der Waals surface area contributed by atoms with Crippen molar-refractivity contribution in [1.29, 1.82) is 0 Å². The van der Waals surface area contributed by atoms with Gasteiger partial charge in [0, 0.05) is 43.0 Å². The van der Waals surface area contributed by atoms with Crippen molar-refractivity contribution in [3.63, 3.8) is 0 Å². The van der Waals surface area contributed by atoms with Gasteiger partial charge >= 0.3 is 0 Å². The summed E-state index contributed by atoms with van der Waals surface area (Å²) in [6.07, 6.45) is 3.06. The summed E-state index contributed by atoms with van der Waals surface area (Å²) in [7, 11) is 1.94. The molecule has 6 nitrogen and oxygen atoms in total. The van der Waals surface area contributed by atoms with Crippen LogP contribution in [0.1, 0.15) is 34.6 Å². The van der Waals surface area contributed by atoms with Crippen LogP contribution in [-0.4, -0.2) is 30.6 Å². The highest BCUT2D eigenvalue weighted by Crippen LogP contribution is 2.24. The lowest BCUT2D eigenvalue weighted by Gasteiger charge is -2.15. The summed E-state index contributed by atoms with van der Waals surface area (Å²) in [5.41, 5.74) is 6.29. The van der Waals surface area contributed by atoms with E-state index in [-0.39, 0.29) is 5.91 Å². The molecule has 3 heterocycles. The fraction of sp³-hybridized carbons (Fsp3) is 0.333. The zero-order valence-electron chi connectivity index (χ0n) is 15.9. The molecule has 0 aliphatic carbocycles. The first-order chi connectivity index (χ1) is 13.0. The number of carbonyl (C=O) groups excluding carboxylic acids is 1. The van der Waals surface area contributed by atoms with E-state index in [0.29, 0.717) is 25.3 Å². The number of benzene rings is 1. The van der Waals surface area contributed by atoms with Crippen LogP contribution in [0.4, 0.5) is 0 Å². The van der Waals surface area contributed by atoms with Gasteiger partial charge in [0.05, 0.1) is 17.9 Å². The first-order valence-corrected chi connectivity index (χ1v) is 9.20. The molecular formula is C21H23N5O. The normalized spacial score (nSPS) is 13.1. The largest absolute Gasteiger partial charge is 0.332 e. The molecule has 0 spiro atoms. The van der Waals surface area contributed by atoms with Gasteiger partial charge < -0.3 is 4.90 Å². The summed E-state index contributed by atoms with van der Waals surface area (Å²) in [4.78, 5) is 23.8. The molecule has 3 aromatic rings. The van der Waals surface area contributed by atoms with E-state index in [1.807, 2.05) is 67.0 Å². The van der Waals surface area contributed by atoms with Gasteiger partial charge in [-0.25, -0.2) is 9.97 Å². The van der Waals surface area contributed by atoms with Crippen LogP contribution in [0.5, 0.6) is 0 Å². The Morgan fingerprint density at radius 3 is 2.63 bits per heavy atom. The number of aromatic nitrogens is 4. The maximum absolute atomic E-state index is 12.7. The number of hydrogen-bond donors (Lipinski definition) is 0. The van der Waals surface area contributed by atoms with Crippen molar-refractivity contribution in [3.8, 4) is 11.4 Å². The van der Waals surface area contributed by atoms with Crippen LogP contribution in [0.25, 0.3) is 11.4 Å². The monoisotopic (exact) mass is 361 g/mol. The molecule has 138 valence electrons. The molecule has 0 bridgehead atoms. The maximum atomic E-state index is 12.7. The van der Waals surface area contributed by atoms with Gasteiger partial charge in [-0.2, -0.15) is 5.10 Å². The van der Waals surface area contributed by atoms with Crippen molar-refractivity contribution in [3.05, 3.63) is 64.7 Å². The summed E-state index contributed by atoms with van der Waals surface area (Å²) in [6.45, 7) is 5.20.